The third-order valence-electron chi connectivity index (χ3n) is 5.78. The van der Waals surface area contributed by atoms with Crippen LogP contribution in [0.25, 0.3) is 0 Å². The van der Waals surface area contributed by atoms with Gasteiger partial charge in [-0.25, -0.2) is 4.79 Å². The van der Waals surface area contributed by atoms with E-state index in [1.807, 2.05) is 20.8 Å². The number of rotatable bonds is 2. The zero-order valence-corrected chi connectivity index (χ0v) is 16.5. The van der Waals surface area contributed by atoms with E-state index in [0.717, 1.165) is 32.2 Å². The van der Waals surface area contributed by atoms with Crippen molar-refractivity contribution in [3.05, 3.63) is 0 Å². The molecule has 3 rings (SSSR count). The van der Waals surface area contributed by atoms with E-state index in [9.17, 15) is 9.59 Å². The molecule has 0 aromatic heterocycles. The molecule has 148 valence electrons. The van der Waals surface area contributed by atoms with Crippen molar-refractivity contribution in [2.75, 3.05) is 26.2 Å². The fraction of sp³-hybridized carbons (Fsp3) is 0.900. The second-order valence-corrected chi connectivity index (χ2v) is 8.96. The first-order valence-electron chi connectivity index (χ1n) is 10.2. The maximum Gasteiger partial charge on any atom is 0.410 e. The molecule has 0 spiro atoms. The van der Waals surface area contributed by atoms with Crippen molar-refractivity contribution in [3.8, 4) is 0 Å². The van der Waals surface area contributed by atoms with Gasteiger partial charge in [0.2, 0.25) is 5.91 Å². The largest absolute Gasteiger partial charge is 0.444 e. The average Bonchev–Trinajstić information content (AvgIpc) is 2.60. The summed E-state index contributed by atoms with van der Waals surface area (Å²) in [6.45, 7) is 8.43. The van der Waals surface area contributed by atoms with Gasteiger partial charge in [-0.15, -0.1) is 0 Å². The zero-order valence-electron chi connectivity index (χ0n) is 16.5. The van der Waals surface area contributed by atoms with Gasteiger partial charge in [0.05, 0.1) is 18.8 Å². The molecule has 2 saturated heterocycles. The number of likely N-dealkylation sites (tertiary alicyclic amines) is 1. The summed E-state index contributed by atoms with van der Waals surface area (Å²) in [5.41, 5.74) is -0.462. The van der Waals surface area contributed by atoms with E-state index in [2.05, 4.69) is 4.90 Å². The van der Waals surface area contributed by atoms with Gasteiger partial charge in [0, 0.05) is 26.1 Å². The summed E-state index contributed by atoms with van der Waals surface area (Å²) in [6.07, 6.45) is 6.94. The molecule has 1 aliphatic carbocycles. The third kappa shape index (κ3) is 4.90. The fourth-order valence-electron chi connectivity index (χ4n) is 4.42. The lowest BCUT2D eigenvalue weighted by atomic mass is 9.88. The number of hydrogen-bond acceptors (Lipinski definition) is 4. The van der Waals surface area contributed by atoms with Crippen molar-refractivity contribution in [1.82, 2.24) is 9.80 Å². The van der Waals surface area contributed by atoms with Gasteiger partial charge in [0.15, 0.2) is 0 Å². The molecule has 0 radical (unpaired) electrons. The first-order valence-corrected chi connectivity index (χ1v) is 10.2. The lowest BCUT2D eigenvalue weighted by Crippen LogP contribution is -2.55. The van der Waals surface area contributed by atoms with Gasteiger partial charge >= 0.3 is 6.09 Å². The second kappa shape index (κ2) is 8.15. The Kier molecular flexibility index (Phi) is 6.10. The molecule has 0 N–H and O–H groups in total. The van der Waals surface area contributed by atoms with Crippen molar-refractivity contribution in [1.29, 1.82) is 0 Å². The summed E-state index contributed by atoms with van der Waals surface area (Å²) in [5.74, 6) is 0.645. The number of piperidine rings is 1. The van der Waals surface area contributed by atoms with Gasteiger partial charge in [-0.1, -0.05) is 12.8 Å². The Balaban J connectivity index is 1.46. The fourth-order valence-corrected chi connectivity index (χ4v) is 4.42. The predicted octanol–water partition coefficient (Wildman–Crippen LogP) is 3.19. The Labute approximate surface area is 157 Å². The van der Waals surface area contributed by atoms with Crippen LogP contribution in [0, 0.1) is 5.92 Å². The van der Waals surface area contributed by atoms with Crippen LogP contribution in [0.4, 0.5) is 4.79 Å². The minimum absolute atomic E-state index is 0.236. The highest BCUT2D eigenvalue weighted by Gasteiger charge is 2.37. The van der Waals surface area contributed by atoms with Gasteiger partial charge in [-0.2, -0.15) is 0 Å². The molecule has 0 aromatic carbocycles. The number of carbonyl (C=O) groups excluding carboxylic acids is 2. The standard InChI is InChI=1S/C20H34N2O4/c1-20(2,3)26-19(24)21-10-8-15(9-11-21)14-18(23)22-12-13-25-17-7-5-4-6-16(17)22/h15-17H,4-14H2,1-3H3/t16-,17+/m1/s1. The molecule has 2 heterocycles. The summed E-state index contributed by atoms with van der Waals surface area (Å²) in [4.78, 5) is 28.9. The number of fused-ring (bicyclic) bond motifs is 1. The molecule has 2 amide bonds. The number of ether oxygens (including phenoxy) is 2. The average molecular weight is 367 g/mol. The number of morpholine rings is 1. The van der Waals surface area contributed by atoms with Crippen LogP contribution in [0.1, 0.15) is 65.7 Å². The first kappa shape index (κ1) is 19.5. The summed E-state index contributed by atoms with van der Waals surface area (Å²) in [6, 6.07) is 0.284. The monoisotopic (exact) mass is 366 g/mol. The van der Waals surface area contributed by atoms with E-state index in [1.165, 1.54) is 12.8 Å². The van der Waals surface area contributed by atoms with E-state index in [4.69, 9.17) is 9.47 Å². The quantitative estimate of drug-likeness (QED) is 0.753. The Morgan fingerprint density at radius 2 is 1.73 bits per heavy atom. The van der Waals surface area contributed by atoms with Gasteiger partial charge in [-0.05, 0) is 52.4 Å². The molecular formula is C20H34N2O4. The highest BCUT2D eigenvalue weighted by atomic mass is 16.6. The summed E-state index contributed by atoms with van der Waals surface area (Å²) < 4.78 is 11.3. The smallest absolute Gasteiger partial charge is 0.410 e. The normalized spacial score (nSPS) is 27.8. The van der Waals surface area contributed by atoms with Crippen LogP contribution in [-0.2, 0) is 14.3 Å². The Bertz CT molecular complexity index is 506. The predicted molar refractivity (Wildman–Crippen MR) is 98.9 cm³/mol. The lowest BCUT2D eigenvalue weighted by molar-refractivity contribution is -0.150. The number of nitrogens with zero attached hydrogens (tertiary/aromatic N) is 2. The Morgan fingerprint density at radius 1 is 1.04 bits per heavy atom. The molecule has 6 nitrogen and oxygen atoms in total. The van der Waals surface area contributed by atoms with Crippen molar-refractivity contribution in [2.45, 2.75) is 83.5 Å². The lowest BCUT2D eigenvalue weighted by Gasteiger charge is -2.44. The molecule has 2 atom stereocenters. The molecule has 1 saturated carbocycles. The van der Waals surface area contributed by atoms with Crippen LogP contribution in [0.3, 0.4) is 0 Å². The molecule has 3 aliphatic rings. The Morgan fingerprint density at radius 3 is 2.42 bits per heavy atom. The minimum Gasteiger partial charge on any atom is -0.444 e. The number of hydrogen-bond donors (Lipinski definition) is 0. The van der Waals surface area contributed by atoms with E-state index in [0.29, 0.717) is 32.0 Å². The van der Waals surface area contributed by atoms with E-state index in [-0.39, 0.29) is 24.1 Å². The molecule has 0 aromatic rings. The maximum atomic E-state index is 12.9. The minimum atomic E-state index is -0.462. The molecule has 3 fully saturated rings. The highest BCUT2D eigenvalue weighted by molar-refractivity contribution is 5.77. The first-order chi connectivity index (χ1) is 12.3. The van der Waals surface area contributed by atoms with Gasteiger partial charge in [-0.3, -0.25) is 4.79 Å². The van der Waals surface area contributed by atoms with Crippen LogP contribution in [0.5, 0.6) is 0 Å². The van der Waals surface area contributed by atoms with Crippen LogP contribution in [0.15, 0.2) is 0 Å². The van der Waals surface area contributed by atoms with Crippen LogP contribution in [-0.4, -0.2) is 65.8 Å². The molecule has 26 heavy (non-hydrogen) atoms. The second-order valence-electron chi connectivity index (χ2n) is 8.96. The van der Waals surface area contributed by atoms with Gasteiger partial charge in [0.1, 0.15) is 5.60 Å². The number of carbonyl (C=O) groups is 2. The highest BCUT2D eigenvalue weighted by Crippen LogP contribution is 2.30. The van der Waals surface area contributed by atoms with Crippen molar-refractivity contribution in [2.24, 2.45) is 5.92 Å². The Hall–Kier alpha value is -1.30. The zero-order chi connectivity index (χ0) is 18.7. The van der Waals surface area contributed by atoms with Gasteiger partial charge < -0.3 is 19.3 Å². The summed E-state index contributed by atoms with van der Waals surface area (Å²) >= 11 is 0. The maximum absolute atomic E-state index is 12.9. The van der Waals surface area contributed by atoms with Crippen molar-refractivity contribution in [3.63, 3.8) is 0 Å². The van der Waals surface area contributed by atoms with Gasteiger partial charge in [0.25, 0.3) is 0 Å². The van der Waals surface area contributed by atoms with E-state index < -0.39 is 5.60 Å². The molecule has 0 bridgehead atoms. The molecule has 0 unspecified atom stereocenters. The number of amides is 2. The van der Waals surface area contributed by atoms with Crippen LogP contribution >= 0.6 is 0 Å². The summed E-state index contributed by atoms with van der Waals surface area (Å²) in [7, 11) is 0. The van der Waals surface area contributed by atoms with E-state index >= 15 is 0 Å². The topological polar surface area (TPSA) is 59.1 Å². The molecule has 6 heteroatoms. The SMILES string of the molecule is CC(C)(C)OC(=O)N1CCC(CC(=O)N2CCO[C@H]3CCCC[C@H]32)CC1. The summed E-state index contributed by atoms with van der Waals surface area (Å²) in [5, 5.41) is 0. The third-order valence-corrected chi connectivity index (χ3v) is 5.78. The molecule has 2 aliphatic heterocycles. The molecular weight excluding hydrogens is 332 g/mol. The van der Waals surface area contributed by atoms with E-state index in [1.54, 1.807) is 4.90 Å². The van der Waals surface area contributed by atoms with Crippen LogP contribution < -0.4 is 0 Å². The van der Waals surface area contributed by atoms with Crippen molar-refractivity contribution >= 4 is 12.0 Å². The van der Waals surface area contributed by atoms with Crippen LogP contribution in [0.2, 0.25) is 0 Å². The van der Waals surface area contributed by atoms with Crippen molar-refractivity contribution < 1.29 is 19.1 Å².